The fourth-order valence-corrected chi connectivity index (χ4v) is 5.55. The van der Waals surface area contributed by atoms with E-state index < -0.39 is 0 Å². The highest BCUT2D eigenvalue weighted by Gasteiger charge is 2.32. The Morgan fingerprint density at radius 3 is 2.57 bits per heavy atom. The van der Waals surface area contributed by atoms with Crippen LogP contribution >= 0.6 is 11.8 Å². The number of imidazole rings is 1. The summed E-state index contributed by atoms with van der Waals surface area (Å²) in [5.74, 6) is 0.785. The maximum absolute atomic E-state index is 13.1. The number of hydrogen-bond acceptors (Lipinski definition) is 4. The molecule has 7 heteroatoms. The second-order valence-electron chi connectivity index (χ2n) is 10.1. The molecule has 3 heterocycles. The number of halogens is 1. The maximum Gasteiger partial charge on any atom is 0.271 e. The van der Waals surface area contributed by atoms with E-state index >= 15 is 0 Å². The first-order valence-corrected chi connectivity index (χ1v) is 13.2. The molecule has 5 nitrogen and oxygen atoms in total. The van der Waals surface area contributed by atoms with Crippen molar-refractivity contribution in [3.05, 3.63) is 70.7 Å². The first-order chi connectivity index (χ1) is 16.6. The predicted octanol–water partition coefficient (Wildman–Crippen LogP) is 6.36. The second-order valence-corrected chi connectivity index (χ2v) is 11.4. The Bertz CT molecular complexity index is 1130. The molecule has 186 valence electrons. The molecule has 0 spiro atoms. The SMILES string of the molecule is CC1NC(C(=O)N2CCCCC2C)=C(c2ccc(F)cc2)S1.Cc1nc2c([nH]1)C=CC(C)(C)C=C2. The molecule has 2 aliphatic heterocycles. The standard InChI is InChI=1S/C17H21FN2OS.C11H14N2/c1-11-5-3-4-10-20(11)17(21)15-16(22-12(2)19-15)13-6-8-14(18)9-7-13;1-8-12-9-4-6-11(2,3)7-5-10(9)13-8/h6-9,11-12,19H,3-5,10H2,1-2H3;4-7H,1-3H3,(H,12,13). The van der Waals surface area contributed by atoms with E-state index in [-0.39, 0.29) is 28.6 Å². The van der Waals surface area contributed by atoms with Gasteiger partial charge in [-0.25, -0.2) is 9.37 Å². The van der Waals surface area contributed by atoms with E-state index in [0.717, 1.165) is 47.1 Å². The van der Waals surface area contributed by atoms with Crippen LogP contribution in [0.4, 0.5) is 4.39 Å². The number of amides is 1. The number of nitrogens with zero attached hydrogens (tertiary/aromatic N) is 2. The summed E-state index contributed by atoms with van der Waals surface area (Å²) >= 11 is 1.62. The van der Waals surface area contributed by atoms with Crippen LogP contribution in [-0.2, 0) is 4.79 Å². The van der Waals surface area contributed by atoms with Gasteiger partial charge >= 0.3 is 0 Å². The van der Waals surface area contributed by atoms with Crippen LogP contribution in [0.2, 0.25) is 0 Å². The lowest BCUT2D eigenvalue weighted by Crippen LogP contribution is -2.44. The Morgan fingerprint density at radius 1 is 1.14 bits per heavy atom. The summed E-state index contributed by atoms with van der Waals surface area (Å²) in [6.45, 7) is 11.3. The highest BCUT2D eigenvalue weighted by atomic mass is 32.2. The lowest BCUT2D eigenvalue weighted by atomic mass is 9.93. The lowest BCUT2D eigenvalue weighted by molar-refractivity contribution is -0.130. The molecule has 1 aromatic heterocycles. The minimum absolute atomic E-state index is 0.0726. The highest BCUT2D eigenvalue weighted by Crippen LogP contribution is 2.39. The van der Waals surface area contributed by atoms with Gasteiger partial charge in [-0.15, -0.1) is 0 Å². The Hall–Kier alpha value is -2.80. The summed E-state index contributed by atoms with van der Waals surface area (Å²) in [7, 11) is 0. The molecule has 2 N–H and O–H groups in total. The van der Waals surface area contributed by atoms with Crippen LogP contribution in [0, 0.1) is 18.2 Å². The topological polar surface area (TPSA) is 61.0 Å². The molecule has 1 fully saturated rings. The average Bonchev–Trinajstić information content (AvgIpc) is 3.35. The largest absolute Gasteiger partial charge is 0.368 e. The van der Waals surface area contributed by atoms with Gasteiger partial charge in [-0.3, -0.25) is 4.79 Å². The second kappa shape index (κ2) is 10.4. The lowest BCUT2D eigenvalue weighted by Gasteiger charge is -2.34. The minimum Gasteiger partial charge on any atom is -0.368 e. The number of piperidine rings is 1. The van der Waals surface area contributed by atoms with Gasteiger partial charge < -0.3 is 15.2 Å². The van der Waals surface area contributed by atoms with Crippen molar-refractivity contribution in [3.8, 4) is 0 Å². The number of carbonyl (C=O) groups is 1. The zero-order valence-corrected chi connectivity index (χ0v) is 22.0. The smallest absolute Gasteiger partial charge is 0.271 e. The van der Waals surface area contributed by atoms with E-state index in [9.17, 15) is 9.18 Å². The number of hydrogen-bond donors (Lipinski definition) is 2. The van der Waals surface area contributed by atoms with E-state index in [2.05, 4.69) is 60.4 Å². The summed E-state index contributed by atoms with van der Waals surface area (Å²) in [5, 5.41) is 3.44. The van der Waals surface area contributed by atoms with Crippen molar-refractivity contribution in [1.82, 2.24) is 20.2 Å². The molecule has 35 heavy (non-hydrogen) atoms. The average molecular weight is 495 g/mol. The van der Waals surface area contributed by atoms with Gasteiger partial charge in [0, 0.05) is 22.9 Å². The third kappa shape index (κ3) is 6.07. The van der Waals surface area contributed by atoms with Gasteiger partial charge in [0.05, 0.1) is 16.8 Å². The van der Waals surface area contributed by atoms with E-state index in [1.165, 1.54) is 18.6 Å². The quantitative estimate of drug-likeness (QED) is 0.510. The number of H-pyrrole nitrogens is 1. The van der Waals surface area contributed by atoms with Crippen LogP contribution in [0.25, 0.3) is 17.1 Å². The molecule has 3 aliphatic rings. The monoisotopic (exact) mass is 494 g/mol. The number of rotatable bonds is 2. The Labute approximate surface area is 212 Å². The number of carbonyl (C=O) groups excluding carboxylic acids is 1. The number of likely N-dealkylation sites (tertiary alicyclic amines) is 1. The molecule has 1 saturated heterocycles. The van der Waals surface area contributed by atoms with Crippen LogP contribution in [0.1, 0.15) is 69.7 Å². The molecule has 1 amide bonds. The number of aryl methyl sites for hydroxylation is 1. The van der Waals surface area contributed by atoms with Gasteiger partial charge in [-0.2, -0.15) is 0 Å². The number of nitrogens with one attached hydrogen (secondary N) is 2. The molecule has 5 rings (SSSR count). The molecule has 1 aromatic carbocycles. The molecular weight excluding hydrogens is 459 g/mol. The zero-order valence-electron chi connectivity index (χ0n) is 21.2. The van der Waals surface area contributed by atoms with Crippen molar-refractivity contribution in [1.29, 1.82) is 0 Å². The minimum atomic E-state index is -0.258. The van der Waals surface area contributed by atoms with Gasteiger partial charge in [0.2, 0.25) is 0 Å². The van der Waals surface area contributed by atoms with Crippen LogP contribution in [0.5, 0.6) is 0 Å². The summed E-state index contributed by atoms with van der Waals surface area (Å²) < 4.78 is 13.1. The van der Waals surface area contributed by atoms with Crippen molar-refractivity contribution in [2.24, 2.45) is 5.41 Å². The van der Waals surface area contributed by atoms with Gasteiger partial charge in [-0.1, -0.05) is 49.9 Å². The Kier molecular flexibility index (Phi) is 7.55. The van der Waals surface area contributed by atoms with Crippen LogP contribution in [0.15, 0.2) is 42.1 Å². The van der Waals surface area contributed by atoms with Crippen LogP contribution in [0.3, 0.4) is 0 Å². The molecule has 2 aromatic rings. The molecular formula is C28H35FN4OS. The number of aromatic amines is 1. The molecule has 2 atom stereocenters. The maximum atomic E-state index is 13.1. The van der Waals surface area contributed by atoms with Crippen molar-refractivity contribution in [3.63, 3.8) is 0 Å². The number of allylic oxidation sites excluding steroid dienone is 2. The third-order valence-electron chi connectivity index (χ3n) is 6.48. The number of benzene rings is 1. The van der Waals surface area contributed by atoms with Crippen LogP contribution in [-0.4, -0.2) is 38.7 Å². The van der Waals surface area contributed by atoms with Gasteiger partial charge in [0.25, 0.3) is 5.91 Å². The van der Waals surface area contributed by atoms with E-state index in [1.54, 1.807) is 23.9 Å². The summed E-state index contributed by atoms with van der Waals surface area (Å²) in [6, 6.07) is 6.65. The summed E-state index contributed by atoms with van der Waals surface area (Å²) in [4.78, 5) is 23.4. The van der Waals surface area contributed by atoms with Gasteiger partial charge in [0.1, 0.15) is 17.3 Å². The van der Waals surface area contributed by atoms with E-state index in [0.29, 0.717) is 5.70 Å². The number of thioether (sulfide) groups is 1. The fourth-order valence-electron chi connectivity index (χ4n) is 4.48. The molecule has 1 aliphatic carbocycles. The molecule has 2 unspecified atom stereocenters. The van der Waals surface area contributed by atoms with Crippen molar-refractivity contribution in [2.45, 2.75) is 65.3 Å². The summed E-state index contributed by atoms with van der Waals surface area (Å²) in [5.41, 5.74) is 3.85. The Balaban J connectivity index is 0.000000189. The fraction of sp³-hybridized carbons (Fsp3) is 0.429. The Morgan fingerprint density at radius 2 is 1.86 bits per heavy atom. The molecule has 0 radical (unpaired) electrons. The first-order valence-electron chi connectivity index (χ1n) is 12.3. The first kappa shape index (κ1) is 25.3. The van der Waals surface area contributed by atoms with Crippen molar-refractivity contribution in [2.75, 3.05) is 6.54 Å². The van der Waals surface area contributed by atoms with Crippen molar-refractivity contribution >= 4 is 34.7 Å². The van der Waals surface area contributed by atoms with Crippen molar-refractivity contribution < 1.29 is 9.18 Å². The predicted molar refractivity (Wildman–Crippen MR) is 144 cm³/mol. The highest BCUT2D eigenvalue weighted by molar-refractivity contribution is 8.09. The van der Waals surface area contributed by atoms with Gasteiger partial charge in [0.15, 0.2) is 0 Å². The third-order valence-corrected chi connectivity index (χ3v) is 7.63. The van der Waals surface area contributed by atoms with E-state index in [1.807, 2.05) is 18.7 Å². The van der Waals surface area contributed by atoms with Crippen LogP contribution < -0.4 is 5.32 Å². The molecule has 0 bridgehead atoms. The van der Waals surface area contributed by atoms with Gasteiger partial charge in [-0.05, 0) is 69.9 Å². The number of aromatic nitrogens is 2. The molecule has 0 saturated carbocycles. The number of fused-ring (bicyclic) bond motifs is 1. The van der Waals surface area contributed by atoms with E-state index in [4.69, 9.17) is 0 Å². The summed E-state index contributed by atoms with van der Waals surface area (Å²) in [6.07, 6.45) is 11.9. The normalized spacial score (nSPS) is 22.7. The zero-order chi connectivity index (χ0) is 25.2.